The second-order valence-electron chi connectivity index (χ2n) is 6.02. The molecule has 1 aliphatic heterocycles. The van der Waals surface area contributed by atoms with Gasteiger partial charge in [0, 0.05) is 25.2 Å². The number of nitrogens with zero attached hydrogens (tertiary/aromatic N) is 2. The first kappa shape index (κ1) is 15.1. The summed E-state index contributed by atoms with van der Waals surface area (Å²) in [7, 11) is 0. The number of amides is 2. The molecule has 1 aliphatic rings. The van der Waals surface area contributed by atoms with Crippen molar-refractivity contribution in [3.05, 3.63) is 24.3 Å². The van der Waals surface area contributed by atoms with Crippen LogP contribution in [0.25, 0.3) is 10.2 Å². The van der Waals surface area contributed by atoms with Gasteiger partial charge in [-0.3, -0.25) is 0 Å². The molecule has 1 atom stereocenters. The van der Waals surface area contributed by atoms with Crippen LogP contribution in [-0.2, 0) is 0 Å². The van der Waals surface area contributed by atoms with Gasteiger partial charge >= 0.3 is 6.03 Å². The molecule has 1 unspecified atom stereocenters. The van der Waals surface area contributed by atoms with Gasteiger partial charge in [0.25, 0.3) is 0 Å². The highest BCUT2D eigenvalue weighted by molar-refractivity contribution is 7.22. The number of hydrogen-bond donors (Lipinski definition) is 2. The smallest absolute Gasteiger partial charge is 0.315 e. The predicted octanol–water partition coefficient (Wildman–Crippen LogP) is 2.97. The van der Waals surface area contributed by atoms with Crippen LogP contribution in [0.2, 0.25) is 0 Å². The Morgan fingerprint density at radius 1 is 1.41 bits per heavy atom. The topological polar surface area (TPSA) is 57.3 Å². The summed E-state index contributed by atoms with van der Waals surface area (Å²) in [5, 5.41) is 7.01. The minimum Gasteiger partial charge on any atom is -0.346 e. The molecule has 2 N–H and O–H groups in total. The van der Waals surface area contributed by atoms with Gasteiger partial charge in [0.15, 0.2) is 5.13 Å². The van der Waals surface area contributed by atoms with Crippen LogP contribution in [0, 0.1) is 0 Å². The number of urea groups is 1. The number of rotatable bonds is 3. The van der Waals surface area contributed by atoms with Gasteiger partial charge in [-0.15, -0.1) is 0 Å². The number of hydrogen-bond acceptors (Lipinski definition) is 4. The molecule has 2 amide bonds. The first-order valence-electron chi connectivity index (χ1n) is 7.79. The van der Waals surface area contributed by atoms with Crippen molar-refractivity contribution in [1.82, 2.24) is 15.6 Å². The molecule has 0 bridgehead atoms. The largest absolute Gasteiger partial charge is 0.346 e. The van der Waals surface area contributed by atoms with E-state index in [2.05, 4.69) is 21.6 Å². The monoisotopic (exact) mass is 318 g/mol. The molecule has 1 fully saturated rings. The Morgan fingerprint density at radius 2 is 2.23 bits per heavy atom. The van der Waals surface area contributed by atoms with Gasteiger partial charge in [-0.05, 0) is 38.8 Å². The van der Waals surface area contributed by atoms with Crippen molar-refractivity contribution >= 4 is 32.7 Å². The van der Waals surface area contributed by atoms with Crippen LogP contribution < -0.4 is 15.5 Å². The van der Waals surface area contributed by atoms with Crippen molar-refractivity contribution < 1.29 is 4.79 Å². The van der Waals surface area contributed by atoms with E-state index in [1.165, 1.54) is 4.70 Å². The van der Waals surface area contributed by atoms with Crippen molar-refractivity contribution in [2.24, 2.45) is 0 Å². The van der Waals surface area contributed by atoms with Crippen molar-refractivity contribution in [1.29, 1.82) is 0 Å². The van der Waals surface area contributed by atoms with E-state index in [-0.39, 0.29) is 18.1 Å². The van der Waals surface area contributed by atoms with Gasteiger partial charge in [-0.25, -0.2) is 9.78 Å². The van der Waals surface area contributed by atoms with Crippen LogP contribution in [0.4, 0.5) is 9.93 Å². The summed E-state index contributed by atoms with van der Waals surface area (Å²) in [5.41, 5.74) is 1.05. The van der Waals surface area contributed by atoms with E-state index in [1.807, 2.05) is 32.0 Å². The highest BCUT2D eigenvalue weighted by atomic mass is 32.1. The number of piperidine rings is 1. The van der Waals surface area contributed by atoms with Crippen LogP contribution in [0.3, 0.4) is 0 Å². The molecule has 2 aromatic rings. The van der Waals surface area contributed by atoms with Gasteiger partial charge in [-0.1, -0.05) is 23.5 Å². The Morgan fingerprint density at radius 3 is 3.00 bits per heavy atom. The van der Waals surface area contributed by atoms with Crippen LogP contribution in [0.15, 0.2) is 24.3 Å². The second kappa shape index (κ2) is 6.52. The number of anilines is 1. The SMILES string of the molecule is CC(C)NC(=O)NC1CCCN(c2nc3ccccc3s2)C1. The number of benzene rings is 1. The van der Waals surface area contributed by atoms with E-state index < -0.39 is 0 Å². The van der Waals surface area contributed by atoms with Gasteiger partial charge in [0.2, 0.25) is 0 Å². The number of carbonyl (C=O) groups is 1. The van der Waals surface area contributed by atoms with E-state index in [1.54, 1.807) is 11.3 Å². The Kier molecular flexibility index (Phi) is 4.47. The summed E-state index contributed by atoms with van der Waals surface area (Å²) < 4.78 is 1.21. The summed E-state index contributed by atoms with van der Waals surface area (Å²) >= 11 is 1.72. The fourth-order valence-electron chi connectivity index (χ4n) is 2.75. The van der Waals surface area contributed by atoms with Crippen molar-refractivity contribution in [2.75, 3.05) is 18.0 Å². The fourth-order valence-corrected chi connectivity index (χ4v) is 3.75. The molecule has 6 heteroatoms. The van der Waals surface area contributed by atoms with E-state index >= 15 is 0 Å². The Balaban J connectivity index is 1.66. The average Bonchev–Trinajstić information content (AvgIpc) is 2.90. The fraction of sp³-hybridized carbons (Fsp3) is 0.500. The van der Waals surface area contributed by atoms with E-state index in [9.17, 15) is 4.79 Å². The zero-order valence-electron chi connectivity index (χ0n) is 13.0. The molecule has 1 aromatic carbocycles. The summed E-state index contributed by atoms with van der Waals surface area (Å²) in [4.78, 5) is 18.9. The lowest BCUT2D eigenvalue weighted by Crippen LogP contribution is -2.51. The lowest BCUT2D eigenvalue weighted by Gasteiger charge is -2.33. The zero-order valence-corrected chi connectivity index (χ0v) is 13.8. The van der Waals surface area contributed by atoms with Gasteiger partial charge in [0.1, 0.15) is 0 Å². The minimum atomic E-state index is -0.0776. The lowest BCUT2D eigenvalue weighted by atomic mass is 10.1. The minimum absolute atomic E-state index is 0.0776. The molecule has 118 valence electrons. The standard InChI is InChI=1S/C16H22N4OS/c1-11(2)17-15(21)18-12-6-5-9-20(10-12)16-19-13-7-3-4-8-14(13)22-16/h3-4,7-8,11-12H,5-6,9-10H2,1-2H3,(H2,17,18,21). The Bertz CT molecular complexity index is 621. The molecule has 22 heavy (non-hydrogen) atoms. The number of carbonyl (C=O) groups excluding carboxylic acids is 1. The second-order valence-corrected chi connectivity index (χ2v) is 7.03. The average molecular weight is 318 g/mol. The number of aromatic nitrogens is 1. The molecule has 1 aromatic heterocycles. The molecule has 2 heterocycles. The third-order valence-corrected chi connectivity index (χ3v) is 4.83. The van der Waals surface area contributed by atoms with E-state index in [4.69, 9.17) is 4.98 Å². The van der Waals surface area contributed by atoms with Crippen LogP contribution in [0.5, 0.6) is 0 Å². The molecule has 1 saturated heterocycles. The summed E-state index contributed by atoms with van der Waals surface area (Å²) in [5.74, 6) is 0. The van der Waals surface area contributed by atoms with Gasteiger partial charge < -0.3 is 15.5 Å². The van der Waals surface area contributed by atoms with Crippen molar-refractivity contribution in [2.45, 2.75) is 38.8 Å². The lowest BCUT2D eigenvalue weighted by molar-refractivity contribution is 0.232. The summed E-state index contributed by atoms with van der Waals surface area (Å²) in [6, 6.07) is 8.47. The number of nitrogens with one attached hydrogen (secondary N) is 2. The first-order chi connectivity index (χ1) is 10.6. The number of thiazole rings is 1. The summed E-state index contributed by atoms with van der Waals surface area (Å²) in [6.45, 7) is 5.76. The van der Waals surface area contributed by atoms with Crippen LogP contribution >= 0.6 is 11.3 Å². The van der Waals surface area contributed by atoms with Crippen LogP contribution in [-0.4, -0.2) is 36.2 Å². The maximum Gasteiger partial charge on any atom is 0.315 e. The molecule has 0 saturated carbocycles. The molecular weight excluding hydrogens is 296 g/mol. The number of fused-ring (bicyclic) bond motifs is 1. The van der Waals surface area contributed by atoms with Gasteiger partial charge in [0.05, 0.1) is 10.2 Å². The molecule has 3 rings (SSSR count). The van der Waals surface area contributed by atoms with Crippen molar-refractivity contribution in [3.8, 4) is 0 Å². The summed E-state index contributed by atoms with van der Waals surface area (Å²) in [6.07, 6.45) is 2.09. The molecular formula is C16H22N4OS. The van der Waals surface area contributed by atoms with Gasteiger partial charge in [-0.2, -0.15) is 0 Å². The van der Waals surface area contributed by atoms with Crippen molar-refractivity contribution in [3.63, 3.8) is 0 Å². The quantitative estimate of drug-likeness (QED) is 0.915. The normalized spacial score (nSPS) is 18.7. The third kappa shape index (κ3) is 3.50. The molecule has 5 nitrogen and oxygen atoms in total. The maximum absolute atomic E-state index is 11.9. The Labute approximate surface area is 134 Å². The Hall–Kier alpha value is -1.82. The highest BCUT2D eigenvalue weighted by Crippen LogP contribution is 2.30. The molecule has 0 aliphatic carbocycles. The number of para-hydroxylation sites is 1. The highest BCUT2D eigenvalue weighted by Gasteiger charge is 2.23. The van der Waals surface area contributed by atoms with E-state index in [0.717, 1.165) is 36.6 Å². The predicted molar refractivity (Wildman–Crippen MR) is 91.7 cm³/mol. The third-order valence-electron chi connectivity index (χ3n) is 3.73. The molecule has 0 spiro atoms. The first-order valence-corrected chi connectivity index (χ1v) is 8.61. The van der Waals surface area contributed by atoms with Crippen LogP contribution in [0.1, 0.15) is 26.7 Å². The van der Waals surface area contributed by atoms with E-state index in [0.29, 0.717) is 0 Å². The maximum atomic E-state index is 11.9. The molecule has 0 radical (unpaired) electrons. The zero-order chi connectivity index (χ0) is 15.5.